The Labute approximate surface area is 150 Å². The molecule has 0 fully saturated rings. The molecular formula is C19H16N4OS. The van der Waals surface area contributed by atoms with E-state index >= 15 is 0 Å². The fourth-order valence-corrected chi connectivity index (χ4v) is 2.91. The van der Waals surface area contributed by atoms with E-state index in [9.17, 15) is 5.26 Å². The minimum absolute atomic E-state index is 0.249. The molecule has 0 saturated heterocycles. The predicted molar refractivity (Wildman–Crippen MR) is 101 cm³/mol. The molecule has 5 nitrogen and oxygen atoms in total. The molecule has 0 unspecified atom stereocenters. The van der Waals surface area contributed by atoms with Gasteiger partial charge in [-0.2, -0.15) is 10.4 Å². The second kappa shape index (κ2) is 7.60. The number of nitriles is 1. The number of methoxy groups -OCH3 is 1. The summed E-state index contributed by atoms with van der Waals surface area (Å²) in [6.45, 7) is 2.04. The van der Waals surface area contributed by atoms with Crippen molar-refractivity contribution in [3.8, 4) is 23.1 Å². The van der Waals surface area contributed by atoms with E-state index in [-0.39, 0.29) is 5.71 Å². The molecule has 0 bridgehead atoms. The summed E-state index contributed by atoms with van der Waals surface area (Å²) in [6, 6.07) is 17.5. The number of hydrazone groups is 1. The molecule has 0 amide bonds. The molecule has 2 aromatic carbocycles. The molecule has 0 aliphatic carbocycles. The van der Waals surface area contributed by atoms with E-state index in [2.05, 4.69) is 21.6 Å². The third kappa shape index (κ3) is 4.03. The van der Waals surface area contributed by atoms with Crippen LogP contribution in [0.5, 0.6) is 5.75 Å². The van der Waals surface area contributed by atoms with Crippen molar-refractivity contribution in [1.82, 2.24) is 4.98 Å². The van der Waals surface area contributed by atoms with Gasteiger partial charge in [0, 0.05) is 10.9 Å². The molecule has 124 valence electrons. The smallest absolute Gasteiger partial charge is 0.196 e. The van der Waals surface area contributed by atoms with Crippen molar-refractivity contribution in [2.24, 2.45) is 5.10 Å². The molecule has 6 heteroatoms. The summed E-state index contributed by atoms with van der Waals surface area (Å²) >= 11 is 1.40. The van der Waals surface area contributed by atoms with Crippen molar-refractivity contribution in [2.45, 2.75) is 6.92 Å². The van der Waals surface area contributed by atoms with Gasteiger partial charge in [-0.15, -0.1) is 11.3 Å². The zero-order valence-corrected chi connectivity index (χ0v) is 14.7. The van der Waals surface area contributed by atoms with Crippen LogP contribution in [0, 0.1) is 18.3 Å². The van der Waals surface area contributed by atoms with Crippen LogP contribution in [0.1, 0.15) is 10.6 Å². The van der Waals surface area contributed by atoms with Crippen LogP contribution in [0.3, 0.4) is 0 Å². The van der Waals surface area contributed by atoms with Crippen LogP contribution >= 0.6 is 11.3 Å². The van der Waals surface area contributed by atoms with E-state index in [0.29, 0.717) is 5.01 Å². The van der Waals surface area contributed by atoms with Crippen molar-refractivity contribution in [1.29, 1.82) is 5.26 Å². The Morgan fingerprint density at radius 2 is 1.88 bits per heavy atom. The second-order valence-corrected chi connectivity index (χ2v) is 6.17. The molecule has 1 heterocycles. The molecule has 3 aromatic rings. The molecule has 1 aromatic heterocycles. The number of nitrogens with zero attached hydrogens (tertiary/aromatic N) is 3. The first-order valence-corrected chi connectivity index (χ1v) is 8.48. The Morgan fingerprint density at radius 3 is 2.52 bits per heavy atom. The maximum Gasteiger partial charge on any atom is 0.196 e. The normalized spacial score (nSPS) is 11.0. The zero-order chi connectivity index (χ0) is 17.6. The lowest BCUT2D eigenvalue weighted by molar-refractivity contribution is 0.415. The van der Waals surface area contributed by atoms with Crippen LogP contribution in [0.2, 0.25) is 0 Å². The number of hydrogen-bond donors (Lipinski definition) is 1. The average molecular weight is 348 g/mol. The first-order chi connectivity index (χ1) is 12.2. The Morgan fingerprint density at radius 1 is 1.16 bits per heavy atom. The summed E-state index contributed by atoms with van der Waals surface area (Å²) in [5.74, 6) is 0.762. The Kier molecular flexibility index (Phi) is 5.07. The van der Waals surface area contributed by atoms with Crippen LogP contribution in [0.4, 0.5) is 5.69 Å². The van der Waals surface area contributed by atoms with Gasteiger partial charge >= 0.3 is 0 Å². The van der Waals surface area contributed by atoms with Crippen LogP contribution in [0.15, 0.2) is 59.0 Å². The van der Waals surface area contributed by atoms with Gasteiger partial charge in [-0.25, -0.2) is 4.98 Å². The SMILES string of the molecule is COc1ccc(NN=C(C#N)c2nc(-c3ccc(C)cc3)cs2)cc1. The number of aryl methyl sites for hydroxylation is 1. The molecule has 0 saturated carbocycles. The van der Waals surface area contributed by atoms with Crippen molar-refractivity contribution in [3.63, 3.8) is 0 Å². The van der Waals surface area contributed by atoms with E-state index in [1.807, 2.05) is 60.8 Å². The van der Waals surface area contributed by atoms with Gasteiger partial charge in [0.05, 0.1) is 18.5 Å². The molecule has 0 spiro atoms. The molecular weight excluding hydrogens is 332 g/mol. The maximum absolute atomic E-state index is 9.38. The van der Waals surface area contributed by atoms with Crippen LogP contribution in [0.25, 0.3) is 11.3 Å². The van der Waals surface area contributed by atoms with E-state index in [1.165, 1.54) is 16.9 Å². The molecule has 0 radical (unpaired) electrons. The number of rotatable bonds is 5. The average Bonchev–Trinajstić information content (AvgIpc) is 3.13. The second-order valence-electron chi connectivity index (χ2n) is 5.32. The van der Waals surface area contributed by atoms with E-state index in [1.54, 1.807) is 7.11 Å². The van der Waals surface area contributed by atoms with Gasteiger partial charge in [-0.3, -0.25) is 5.43 Å². The Bertz CT molecular complexity index is 921. The number of thiazole rings is 1. The largest absolute Gasteiger partial charge is 0.497 e. The first-order valence-electron chi connectivity index (χ1n) is 7.60. The molecule has 1 N–H and O–H groups in total. The van der Waals surface area contributed by atoms with Crippen molar-refractivity contribution in [2.75, 3.05) is 12.5 Å². The van der Waals surface area contributed by atoms with Gasteiger partial charge in [-0.05, 0) is 31.2 Å². The van der Waals surface area contributed by atoms with Gasteiger partial charge in [0.15, 0.2) is 10.7 Å². The van der Waals surface area contributed by atoms with Crippen molar-refractivity contribution >= 4 is 22.7 Å². The van der Waals surface area contributed by atoms with Crippen molar-refractivity contribution in [3.05, 3.63) is 64.5 Å². The highest BCUT2D eigenvalue weighted by atomic mass is 32.1. The highest BCUT2D eigenvalue weighted by Crippen LogP contribution is 2.23. The summed E-state index contributed by atoms with van der Waals surface area (Å²) in [6.07, 6.45) is 0. The standard InChI is InChI=1S/C19H16N4OS/c1-13-3-5-14(6-4-13)18-12-25-19(21-18)17(11-20)23-22-15-7-9-16(24-2)10-8-15/h3-10,12,22H,1-2H3. The van der Waals surface area contributed by atoms with Gasteiger partial charge < -0.3 is 4.74 Å². The summed E-state index contributed by atoms with van der Waals surface area (Å²) in [4.78, 5) is 4.53. The van der Waals surface area contributed by atoms with E-state index in [0.717, 1.165) is 22.7 Å². The lowest BCUT2D eigenvalue weighted by Crippen LogP contribution is -2.01. The van der Waals surface area contributed by atoms with Gasteiger partial charge in [0.2, 0.25) is 0 Å². The lowest BCUT2D eigenvalue weighted by Gasteiger charge is -2.02. The summed E-state index contributed by atoms with van der Waals surface area (Å²) in [5, 5.41) is 16.1. The fourth-order valence-electron chi connectivity index (χ4n) is 2.15. The monoisotopic (exact) mass is 348 g/mol. The number of anilines is 1. The van der Waals surface area contributed by atoms with Gasteiger partial charge in [-0.1, -0.05) is 29.8 Å². The summed E-state index contributed by atoms with van der Waals surface area (Å²) < 4.78 is 5.11. The van der Waals surface area contributed by atoms with Gasteiger partial charge in [0.1, 0.15) is 11.8 Å². The quantitative estimate of drug-likeness (QED) is 0.545. The molecule has 0 atom stereocenters. The number of benzene rings is 2. The van der Waals surface area contributed by atoms with Gasteiger partial charge in [0.25, 0.3) is 0 Å². The fraction of sp³-hybridized carbons (Fsp3) is 0.105. The highest BCUT2D eigenvalue weighted by Gasteiger charge is 2.10. The number of ether oxygens (including phenoxy) is 1. The van der Waals surface area contributed by atoms with Crippen LogP contribution in [-0.4, -0.2) is 17.8 Å². The Hall–Kier alpha value is -3.17. The minimum atomic E-state index is 0.249. The van der Waals surface area contributed by atoms with Crippen LogP contribution in [-0.2, 0) is 0 Å². The zero-order valence-electron chi connectivity index (χ0n) is 13.9. The van der Waals surface area contributed by atoms with Crippen LogP contribution < -0.4 is 10.2 Å². The molecule has 25 heavy (non-hydrogen) atoms. The summed E-state index contributed by atoms with van der Waals surface area (Å²) in [7, 11) is 1.61. The highest BCUT2D eigenvalue weighted by molar-refractivity contribution is 7.12. The van der Waals surface area contributed by atoms with E-state index < -0.39 is 0 Å². The predicted octanol–water partition coefficient (Wildman–Crippen LogP) is 4.47. The summed E-state index contributed by atoms with van der Waals surface area (Å²) in [5.41, 5.74) is 6.95. The third-order valence-corrected chi connectivity index (χ3v) is 4.40. The minimum Gasteiger partial charge on any atom is -0.497 e. The van der Waals surface area contributed by atoms with E-state index in [4.69, 9.17) is 4.74 Å². The number of hydrogen-bond acceptors (Lipinski definition) is 6. The van der Waals surface area contributed by atoms with Crippen molar-refractivity contribution < 1.29 is 4.74 Å². The maximum atomic E-state index is 9.38. The topological polar surface area (TPSA) is 70.3 Å². The lowest BCUT2D eigenvalue weighted by atomic mass is 10.1. The molecule has 0 aliphatic rings. The number of aromatic nitrogens is 1. The molecule has 3 rings (SSSR count). The first kappa shape index (κ1) is 16.7. The third-order valence-electron chi connectivity index (χ3n) is 3.55. The Balaban J connectivity index is 1.78. The molecule has 0 aliphatic heterocycles. The number of nitrogens with one attached hydrogen (secondary N) is 1.